The molecule has 0 aromatic carbocycles. The molecule has 0 bridgehead atoms. The van der Waals surface area contributed by atoms with Crippen LogP contribution < -0.4 is 0 Å². The van der Waals surface area contributed by atoms with E-state index in [-0.39, 0.29) is 21.1 Å². The minimum absolute atomic E-state index is 0. The molecule has 5 heteroatoms. The summed E-state index contributed by atoms with van der Waals surface area (Å²) in [5.74, 6) is 7.34. The van der Waals surface area contributed by atoms with Crippen LogP contribution in [0.5, 0.6) is 0 Å². The first-order valence-corrected chi connectivity index (χ1v) is 15.1. The second-order valence-corrected chi connectivity index (χ2v) is 18.5. The van der Waals surface area contributed by atoms with Crippen LogP contribution in [0.15, 0.2) is 0 Å². The first kappa shape index (κ1) is 31.5. The fourth-order valence-electron chi connectivity index (χ4n) is 1.41. The van der Waals surface area contributed by atoms with Gasteiger partial charge in [0, 0.05) is 0 Å². The zero-order valence-electron chi connectivity index (χ0n) is 17.2. The van der Waals surface area contributed by atoms with Crippen LogP contribution in [-0.2, 0) is 21.1 Å². The SMILES string of the molecule is C[C]1[C](C)[C](C)[C](C)[C]1C.[CH2-][Si](C)(C)C.[CH2-][Si](C)(C)C.[Mo+4].[N-]=O. The Balaban J connectivity index is -0.000000120. The first-order valence-electron chi connectivity index (χ1n) is 7.64. The Labute approximate surface area is 164 Å². The molecular formula is C18H37MoNOSi2+. The van der Waals surface area contributed by atoms with Crippen molar-refractivity contribution in [3.8, 4) is 0 Å². The van der Waals surface area contributed by atoms with Gasteiger partial charge < -0.3 is 23.6 Å². The molecule has 0 atom stereocenters. The molecule has 1 aliphatic rings. The zero-order chi connectivity index (χ0) is 18.9. The zero-order valence-corrected chi connectivity index (χ0v) is 21.2. The minimum atomic E-state index is -0.861. The Hall–Kier alpha value is 0.722. The summed E-state index contributed by atoms with van der Waals surface area (Å²) in [6.45, 7) is 32.1. The van der Waals surface area contributed by atoms with E-state index in [0.717, 1.165) is 0 Å². The summed E-state index contributed by atoms with van der Waals surface area (Å²) in [5, 5.41) is 0. The maximum absolute atomic E-state index is 7.25. The molecule has 0 aliphatic heterocycles. The van der Waals surface area contributed by atoms with E-state index >= 15 is 0 Å². The topological polar surface area (TPSA) is 39.4 Å². The van der Waals surface area contributed by atoms with E-state index in [1.54, 1.807) is 0 Å². The maximum Gasteiger partial charge on any atom is 4.00 e. The van der Waals surface area contributed by atoms with Gasteiger partial charge in [-0.3, -0.25) is 0 Å². The average molecular weight is 436 g/mol. The van der Waals surface area contributed by atoms with E-state index in [0.29, 0.717) is 0 Å². The van der Waals surface area contributed by atoms with Gasteiger partial charge in [-0.25, -0.2) is 0 Å². The van der Waals surface area contributed by atoms with E-state index in [9.17, 15) is 0 Å². The second kappa shape index (κ2) is 14.0. The molecule has 0 aromatic rings. The molecule has 0 saturated heterocycles. The Morgan fingerprint density at radius 3 is 0.652 bits per heavy atom. The third kappa shape index (κ3) is 22.7. The van der Waals surface area contributed by atoms with Crippen molar-refractivity contribution in [1.82, 2.24) is 0 Å². The Bertz CT molecular complexity index is 208. The fourth-order valence-corrected chi connectivity index (χ4v) is 1.41. The van der Waals surface area contributed by atoms with E-state index < -0.39 is 16.1 Å². The average Bonchev–Trinajstić information content (AvgIpc) is 2.46. The van der Waals surface area contributed by atoms with Crippen LogP contribution in [0.25, 0.3) is 5.59 Å². The van der Waals surface area contributed by atoms with Gasteiger partial charge in [0.05, 0.1) is 0 Å². The third-order valence-corrected chi connectivity index (χ3v) is 2.81. The number of rotatable bonds is 0. The summed E-state index contributed by atoms with van der Waals surface area (Å²) in [6.07, 6.45) is 0. The largest absolute Gasteiger partial charge is 4.00 e. The van der Waals surface area contributed by atoms with Gasteiger partial charge in [-0.15, -0.1) is 16.1 Å². The van der Waals surface area contributed by atoms with Crippen LogP contribution in [-0.4, -0.2) is 16.1 Å². The standard InChI is InChI=1S/C10H15.2C4H11Si.Mo.NO/c1-6-7(2)9(4)10(5)8(6)3;2*1-5(2,3)4;;1-2/h1-5H3;2*1H2,2-4H3;;/q;2*-1;+4;-1. The van der Waals surface area contributed by atoms with Crippen LogP contribution in [0.2, 0.25) is 39.3 Å². The molecule has 0 spiro atoms. The van der Waals surface area contributed by atoms with Gasteiger partial charge in [0.1, 0.15) is 0 Å². The number of nitrogens with zero attached hydrogens (tertiary/aromatic N) is 1. The molecule has 0 aromatic heterocycles. The quantitative estimate of drug-likeness (QED) is 0.309. The normalized spacial score (nSPS) is 17.8. The molecule has 5 radical (unpaired) electrons. The molecule has 2 nitrogen and oxygen atoms in total. The molecule has 1 rings (SSSR count). The maximum atomic E-state index is 7.25. The van der Waals surface area contributed by atoms with Crippen LogP contribution in [0.3, 0.4) is 0 Å². The van der Waals surface area contributed by atoms with Gasteiger partial charge in [0.25, 0.3) is 0 Å². The van der Waals surface area contributed by atoms with Gasteiger partial charge in [0.15, 0.2) is 0 Å². The van der Waals surface area contributed by atoms with E-state index in [1.807, 2.05) is 0 Å². The molecule has 0 amide bonds. The van der Waals surface area contributed by atoms with Crippen molar-refractivity contribution in [2.75, 3.05) is 0 Å². The summed E-state index contributed by atoms with van der Waals surface area (Å²) in [5.41, 5.74) is 5.75. The third-order valence-electron chi connectivity index (χ3n) is 2.81. The number of hydrogen-bond donors (Lipinski definition) is 0. The summed E-state index contributed by atoms with van der Waals surface area (Å²) >= 11 is 0. The van der Waals surface area contributed by atoms with Gasteiger partial charge in [0.2, 0.25) is 0 Å². The molecule has 133 valence electrons. The van der Waals surface area contributed by atoms with Gasteiger partial charge in [-0.05, 0) is 29.6 Å². The van der Waals surface area contributed by atoms with Crippen LogP contribution in [0.4, 0.5) is 0 Å². The van der Waals surface area contributed by atoms with E-state index in [2.05, 4.69) is 87.0 Å². The predicted octanol–water partition coefficient (Wildman–Crippen LogP) is 6.69. The first-order chi connectivity index (χ1) is 9.55. The van der Waals surface area contributed by atoms with Crippen LogP contribution >= 0.6 is 0 Å². The van der Waals surface area contributed by atoms with Crippen molar-refractivity contribution in [1.29, 1.82) is 0 Å². The van der Waals surface area contributed by atoms with Crippen LogP contribution in [0.1, 0.15) is 34.6 Å². The van der Waals surface area contributed by atoms with Gasteiger partial charge in [-0.1, -0.05) is 73.9 Å². The molecule has 1 aliphatic carbocycles. The minimum Gasteiger partial charge on any atom is -0.577 e. The summed E-state index contributed by atoms with van der Waals surface area (Å²) in [4.78, 5) is 7.25. The van der Waals surface area contributed by atoms with Crippen molar-refractivity contribution < 1.29 is 21.1 Å². The Morgan fingerprint density at radius 2 is 0.609 bits per heavy atom. The summed E-state index contributed by atoms with van der Waals surface area (Å²) in [6, 6.07) is 0. The van der Waals surface area contributed by atoms with Crippen LogP contribution in [0, 0.1) is 47.6 Å². The monoisotopic (exact) mass is 437 g/mol. The molecule has 1 saturated carbocycles. The second-order valence-electron chi connectivity index (χ2n) is 8.25. The van der Waals surface area contributed by atoms with Crippen molar-refractivity contribution in [3.63, 3.8) is 0 Å². The van der Waals surface area contributed by atoms with Crippen molar-refractivity contribution >= 4 is 16.1 Å². The number of nitroso groups, excluding NO2 is 1. The Kier molecular flexibility index (Phi) is 19.1. The van der Waals surface area contributed by atoms with Crippen molar-refractivity contribution in [2.24, 2.45) is 0 Å². The van der Waals surface area contributed by atoms with Crippen molar-refractivity contribution in [2.45, 2.75) is 73.9 Å². The number of hydrogen-bond acceptors (Lipinski definition) is 1. The molecule has 0 heterocycles. The molecule has 0 unspecified atom stereocenters. The van der Waals surface area contributed by atoms with Crippen molar-refractivity contribution in [3.05, 3.63) is 53.2 Å². The summed E-state index contributed by atoms with van der Waals surface area (Å²) < 4.78 is 0. The molecule has 1 fully saturated rings. The van der Waals surface area contributed by atoms with E-state index in [1.165, 1.54) is 29.6 Å². The molecule has 23 heavy (non-hydrogen) atoms. The molecule has 0 N–H and O–H groups in total. The van der Waals surface area contributed by atoms with E-state index in [4.69, 9.17) is 10.5 Å². The molecular weight excluding hydrogens is 398 g/mol. The smallest absolute Gasteiger partial charge is 0.577 e. The van der Waals surface area contributed by atoms with Gasteiger partial charge >= 0.3 is 21.1 Å². The summed E-state index contributed by atoms with van der Waals surface area (Å²) in [7, 11) is -1.72. The predicted molar refractivity (Wildman–Crippen MR) is 109 cm³/mol. The fraction of sp³-hybridized carbons (Fsp3) is 0.611. The van der Waals surface area contributed by atoms with Gasteiger partial charge in [-0.2, -0.15) is 0 Å². The Morgan fingerprint density at radius 1 is 0.565 bits per heavy atom.